The number of phenolic OH excluding ortho intramolecular Hbond substituents is 1. The number of fused-ring (bicyclic) bond motifs is 1. The first-order chi connectivity index (χ1) is 9.74. The maximum atomic E-state index is 9.86. The van der Waals surface area contributed by atoms with Gasteiger partial charge in [-0.25, -0.2) is 4.98 Å². The lowest BCUT2D eigenvalue weighted by Gasteiger charge is -2.13. The van der Waals surface area contributed by atoms with Crippen molar-refractivity contribution in [3.63, 3.8) is 0 Å². The number of H-pyrrole nitrogens is 1. The Balaban J connectivity index is 2.03. The van der Waals surface area contributed by atoms with E-state index >= 15 is 0 Å². The average molecular weight is 288 g/mol. The Morgan fingerprint density at radius 2 is 2.00 bits per heavy atom. The van der Waals surface area contributed by atoms with Crippen LogP contribution < -0.4 is 10.6 Å². The molecule has 2 aromatic rings. The van der Waals surface area contributed by atoms with Gasteiger partial charge in [0.15, 0.2) is 4.77 Å². The molecule has 1 aromatic heterocycles. The Bertz CT molecular complexity index is 683. The van der Waals surface area contributed by atoms with E-state index in [1.54, 1.807) is 12.1 Å². The minimum Gasteiger partial charge on any atom is -0.506 e. The van der Waals surface area contributed by atoms with E-state index in [4.69, 9.17) is 12.2 Å². The van der Waals surface area contributed by atoms with Gasteiger partial charge in [0, 0.05) is 24.2 Å². The molecular weight excluding hydrogens is 272 g/mol. The highest BCUT2D eigenvalue weighted by atomic mass is 32.1. The Kier molecular flexibility index (Phi) is 3.66. The van der Waals surface area contributed by atoms with Crippen LogP contribution in [0.2, 0.25) is 0 Å². The molecule has 20 heavy (non-hydrogen) atoms. The predicted octanol–water partition coefficient (Wildman–Crippen LogP) is 2.28. The van der Waals surface area contributed by atoms with E-state index in [9.17, 15) is 5.11 Å². The lowest BCUT2D eigenvalue weighted by molar-refractivity contribution is 0.477. The number of hydrogen-bond donors (Lipinski definition) is 4. The number of aromatic hydroxyl groups is 1. The highest BCUT2D eigenvalue weighted by Crippen LogP contribution is 2.28. The first-order valence-electron chi connectivity index (χ1n) is 6.62. The molecule has 1 aromatic carbocycles. The summed E-state index contributed by atoms with van der Waals surface area (Å²) in [5, 5.41) is 16.4. The molecule has 0 amide bonds. The molecule has 0 bridgehead atoms. The molecule has 0 radical (unpaired) electrons. The molecule has 0 saturated carbocycles. The molecule has 1 aliphatic rings. The lowest BCUT2D eigenvalue weighted by atomic mass is 10.1. The molecule has 4 N–H and O–H groups in total. The number of nitrogens with one attached hydrogen (secondary N) is 3. The molecule has 0 atom stereocenters. The highest BCUT2D eigenvalue weighted by Gasteiger charge is 2.14. The third-order valence-corrected chi connectivity index (χ3v) is 3.58. The van der Waals surface area contributed by atoms with Gasteiger partial charge in [-0.05, 0) is 37.3 Å². The van der Waals surface area contributed by atoms with Crippen LogP contribution in [0.15, 0.2) is 24.3 Å². The summed E-state index contributed by atoms with van der Waals surface area (Å²) in [5.41, 5.74) is 2.89. The second-order valence-electron chi connectivity index (χ2n) is 4.74. The Hall–Kier alpha value is -1.92. The Morgan fingerprint density at radius 1 is 1.20 bits per heavy atom. The molecule has 2 heterocycles. The second kappa shape index (κ2) is 5.60. The number of aromatic nitrogens is 2. The number of benzene rings is 1. The summed E-state index contributed by atoms with van der Waals surface area (Å²) >= 11 is 5.19. The van der Waals surface area contributed by atoms with Crippen molar-refractivity contribution >= 4 is 23.7 Å². The molecule has 0 aliphatic carbocycles. The van der Waals surface area contributed by atoms with Gasteiger partial charge in [-0.3, -0.25) is 0 Å². The van der Waals surface area contributed by atoms with Crippen molar-refractivity contribution in [3.05, 3.63) is 40.3 Å². The van der Waals surface area contributed by atoms with Crippen LogP contribution in [0.25, 0.3) is 0 Å². The number of aromatic amines is 1. The highest BCUT2D eigenvalue weighted by molar-refractivity contribution is 7.71. The van der Waals surface area contributed by atoms with Crippen LogP contribution in [0.3, 0.4) is 0 Å². The van der Waals surface area contributed by atoms with E-state index in [2.05, 4.69) is 20.6 Å². The summed E-state index contributed by atoms with van der Waals surface area (Å²) in [6.07, 6.45) is 1.78. The molecular formula is C14H16N4OS. The first-order valence-corrected chi connectivity index (χ1v) is 7.02. The topological polar surface area (TPSA) is 73.0 Å². The summed E-state index contributed by atoms with van der Waals surface area (Å²) in [4.78, 5) is 7.54. The third-order valence-electron chi connectivity index (χ3n) is 3.38. The summed E-state index contributed by atoms with van der Waals surface area (Å²) in [6.45, 7) is 1.84. The van der Waals surface area contributed by atoms with Crippen molar-refractivity contribution in [1.82, 2.24) is 15.3 Å². The SMILES string of the molecule is Oc1ccccc1Nc1nc(=S)[nH]c2c1CCNCC2. The van der Waals surface area contributed by atoms with Gasteiger partial charge in [0.1, 0.15) is 11.6 Å². The molecule has 0 fully saturated rings. The van der Waals surface area contributed by atoms with E-state index in [-0.39, 0.29) is 5.75 Å². The maximum absolute atomic E-state index is 9.86. The van der Waals surface area contributed by atoms with Crippen molar-refractivity contribution < 1.29 is 5.11 Å². The monoisotopic (exact) mass is 288 g/mol. The van der Waals surface area contributed by atoms with Crippen molar-refractivity contribution in [2.45, 2.75) is 12.8 Å². The largest absolute Gasteiger partial charge is 0.506 e. The van der Waals surface area contributed by atoms with Gasteiger partial charge in [0.05, 0.1) is 5.69 Å². The molecule has 104 valence electrons. The van der Waals surface area contributed by atoms with E-state index < -0.39 is 0 Å². The van der Waals surface area contributed by atoms with Crippen molar-refractivity contribution in [2.24, 2.45) is 0 Å². The number of rotatable bonds is 2. The number of phenols is 1. The van der Waals surface area contributed by atoms with Gasteiger partial charge >= 0.3 is 0 Å². The van der Waals surface area contributed by atoms with E-state index in [0.29, 0.717) is 10.5 Å². The smallest absolute Gasteiger partial charge is 0.198 e. The Morgan fingerprint density at radius 3 is 2.85 bits per heavy atom. The van der Waals surface area contributed by atoms with Crippen molar-refractivity contribution in [2.75, 3.05) is 18.4 Å². The van der Waals surface area contributed by atoms with Crippen LogP contribution in [0, 0.1) is 4.77 Å². The van der Waals surface area contributed by atoms with Crippen LogP contribution in [0.5, 0.6) is 5.75 Å². The summed E-state index contributed by atoms with van der Waals surface area (Å²) in [7, 11) is 0. The van der Waals surface area contributed by atoms with E-state index in [1.165, 1.54) is 0 Å². The minimum absolute atomic E-state index is 0.202. The first kappa shape index (κ1) is 13.1. The normalized spacial score (nSPS) is 14.4. The fourth-order valence-electron chi connectivity index (χ4n) is 2.39. The van der Waals surface area contributed by atoms with Gasteiger partial charge in [0.2, 0.25) is 0 Å². The second-order valence-corrected chi connectivity index (χ2v) is 5.13. The lowest BCUT2D eigenvalue weighted by Crippen LogP contribution is -2.16. The van der Waals surface area contributed by atoms with Gasteiger partial charge < -0.3 is 20.7 Å². The fraction of sp³-hybridized carbons (Fsp3) is 0.286. The summed E-state index contributed by atoms with van der Waals surface area (Å²) in [5.74, 6) is 0.933. The van der Waals surface area contributed by atoms with Crippen LogP contribution in [0.1, 0.15) is 11.3 Å². The van der Waals surface area contributed by atoms with Gasteiger partial charge in [0.25, 0.3) is 0 Å². The molecule has 6 heteroatoms. The quantitative estimate of drug-likeness (QED) is 0.504. The van der Waals surface area contributed by atoms with Gasteiger partial charge in [-0.1, -0.05) is 12.1 Å². The summed E-state index contributed by atoms with van der Waals surface area (Å²) < 4.78 is 0.462. The zero-order valence-corrected chi connectivity index (χ0v) is 11.8. The maximum Gasteiger partial charge on any atom is 0.198 e. The van der Waals surface area contributed by atoms with Crippen LogP contribution in [-0.2, 0) is 12.8 Å². The molecule has 5 nitrogen and oxygen atoms in total. The number of nitrogens with zero attached hydrogens (tertiary/aromatic N) is 1. The number of anilines is 2. The van der Waals surface area contributed by atoms with E-state index in [0.717, 1.165) is 43.0 Å². The molecule has 0 spiro atoms. The Labute approximate surface area is 122 Å². The number of para-hydroxylation sites is 2. The predicted molar refractivity (Wildman–Crippen MR) is 81.1 cm³/mol. The third kappa shape index (κ3) is 2.66. The van der Waals surface area contributed by atoms with Crippen LogP contribution in [-0.4, -0.2) is 28.2 Å². The zero-order valence-electron chi connectivity index (χ0n) is 10.9. The molecule has 0 saturated heterocycles. The van der Waals surface area contributed by atoms with Gasteiger partial charge in [-0.15, -0.1) is 0 Å². The zero-order chi connectivity index (χ0) is 13.9. The fourth-order valence-corrected chi connectivity index (χ4v) is 2.60. The van der Waals surface area contributed by atoms with E-state index in [1.807, 2.05) is 12.1 Å². The van der Waals surface area contributed by atoms with Gasteiger partial charge in [-0.2, -0.15) is 0 Å². The van der Waals surface area contributed by atoms with Crippen LogP contribution in [0.4, 0.5) is 11.5 Å². The van der Waals surface area contributed by atoms with Crippen molar-refractivity contribution in [1.29, 1.82) is 0 Å². The molecule has 0 unspecified atom stereocenters. The number of hydrogen-bond acceptors (Lipinski definition) is 5. The minimum atomic E-state index is 0.202. The standard InChI is InChI=1S/C14H16N4OS/c19-12-4-2-1-3-11(12)16-13-9-5-7-15-8-6-10(9)17-14(20)18-13/h1-4,15,19H,5-8H2,(H2,16,17,18,20). The molecule has 3 rings (SSSR count). The van der Waals surface area contributed by atoms with Crippen molar-refractivity contribution in [3.8, 4) is 5.75 Å². The average Bonchev–Trinajstić information content (AvgIpc) is 2.66. The molecule has 1 aliphatic heterocycles. The summed E-state index contributed by atoms with van der Waals surface area (Å²) in [6, 6.07) is 7.12. The van der Waals surface area contributed by atoms with Crippen LogP contribution >= 0.6 is 12.2 Å².